The van der Waals surface area contributed by atoms with Gasteiger partial charge in [-0.1, -0.05) is 0 Å². The van der Waals surface area contributed by atoms with E-state index in [1.54, 1.807) is 6.07 Å². The van der Waals surface area contributed by atoms with Gasteiger partial charge < -0.3 is 14.5 Å². The monoisotopic (exact) mass is 603 g/mol. The maximum atomic E-state index is 13.4. The van der Waals surface area contributed by atoms with E-state index in [4.69, 9.17) is 4.42 Å². The third-order valence-electron chi connectivity index (χ3n) is 4.95. The summed E-state index contributed by atoms with van der Waals surface area (Å²) in [7, 11) is -0.930. The third kappa shape index (κ3) is 6.30. The lowest BCUT2D eigenvalue weighted by Gasteiger charge is -2.08. The highest BCUT2D eigenvalue weighted by molar-refractivity contribution is 14.1. The number of carbonyl (C=O) groups is 2. The highest BCUT2D eigenvalue weighted by Gasteiger charge is 2.25. The molecule has 0 aliphatic heterocycles. The molecule has 0 saturated carbocycles. The summed E-state index contributed by atoms with van der Waals surface area (Å²) in [5, 5.41) is 2.98. The van der Waals surface area contributed by atoms with Gasteiger partial charge in [0.2, 0.25) is 15.7 Å². The largest absolute Gasteiger partial charge is 0.469 e. The van der Waals surface area contributed by atoms with E-state index in [2.05, 4.69) is 19.8 Å². The van der Waals surface area contributed by atoms with Crippen LogP contribution in [0.25, 0.3) is 22.4 Å². The van der Waals surface area contributed by atoms with Gasteiger partial charge in [-0.05, 0) is 65.8 Å². The topological polar surface area (TPSA) is 128 Å². The molecule has 0 fully saturated rings. The summed E-state index contributed by atoms with van der Waals surface area (Å²) in [5.41, 5.74) is 1.07. The van der Waals surface area contributed by atoms with Crippen LogP contribution >= 0.6 is 22.6 Å². The van der Waals surface area contributed by atoms with Crippen molar-refractivity contribution in [3.63, 3.8) is 0 Å². The van der Waals surface area contributed by atoms with Crippen molar-refractivity contribution in [2.75, 3.05) is 20.7 Å². The number of rotatable bonds is 10. The maximum absolute atomic E-state index is 13.4. The van der Waals surface area contributed by atoms with Crippen LogP contribution in [0.4, 0.5) is 4.39 Å². The van der Waals surface area contributed by atoms with Crippen LogP contribution in [0.2, 0.25) is 0 Å². The summed E-state index contributed by atoms with van der Waals surface area (Å²) >= 11 is 1.96. The Hall–Kier alpha value is -2.58. The van der Waals surface area contributed by atoms with Gasteiger partial charge in [-0.15, -0.1) is 0 Å². The summed E-state index contributed by atoms with van der Waals surface area (Å²) in [6.07, 6.45) is 1.20. The summed E-state index contributed by atoms with van der Waals surface area (Å²) in [4.78, 5) is 28.1. The van der Waals surface area contributed by atoms with Gasteiger partial charge in [-0.25, -0.2) is 22.5 Å². The van der Waals surface area contributed by atoms with E-state index in [0.29, 0.717) is 27.4 Å². The lowest BCUT2D eigenvalue weighted by atomic mass is 10.1. The SMILES string of the molecule is CNC(=O)c1c(-c2ccc(F)cc2)oc2nc(CS(=O)(=O)NCCCCC(=O)OC)c(I)cc12. The molecule has 2 N–H and O–H groups in total. The lowest BCUT2D eigenvalue weighted by Crippen LogP contribution is -2.27. The average Bonchev–Trinajstić information content (AvgIpc) is 3.16. The Kier molecular flexibility index (Phi) is 8.60. The summed E-state index contributed by atoms with van der Waals surface area (Å²) in [5.74, 6) is -1.37. The lowest BCUT2D eigenvalue weighted by molar-refractivity contribution is -0.140. The van der Waals surface area contributed by atoms with Gasteiger partial charge in [0.05, 0.1) is 23.8 Å². The Bertz CT molecular complexity index is 1310. The quantitative estimate of drug-likeness (QED) is 0.207. The zero-order valence-corrected chi connectivity index (χ0v) is 21.5. The Balaban J connectivity index is 1.86. The molecule has 182 valence electrons. The normalized spacial score (nSPS) is 11.5. The second-order valence-corrected chi connectivity index (χ2v) is 10.3. The molecule has 1 amide bonds. The predicted octanol–water partition coefficient (Wildman–Crippen LogP) is 3.36. The second-order valence-electron chi connectivity index (χ2n) is 7.35. The highest BCUT2D eigenvalue weighted by Crippen LogP contribution is 2.34. The van der Waals surface area contributed by atoms with E-state index in [-0.39, 0.29) is 47.4 Å². The fraction of sp³-hybridized carbons (Fsp3) is 0.318. The maximum Gasteiger partial charge on any atom is 0.305 e. The van der Waals surface area contributed by atoms with Crippen LogP contribution in [0.3, 0.4) is 0 Å². The summed E-state index contributed by atoms with van der Waals surface area (Å²) in [6.45, 7) is 0.175. The Labute approximate surface area is 209 Å². The molecule has 34 heavy (non-hydrogen) atoms. The smallest absolute Gasteiger partial charge is 0.305 e. The fourth-order valence-corrected chi connectivity index (χ4v) is 5.27. The number of furan rings is 1. The number of fused-ring (bicyclic) bond motifs is 1. The summed E-state index contributed by atoms with van der Waals surface area (Å²) in [6, 6.07) is 7.12. The van der Waals surface area contributed by atoms with E-state index >= 15 is 0 Å². The summed E-state index contributed by atoms with van der Waals surface area (Å²) < 4.78 is 51.9. The molecule has 0 radical (unpaired) electrons. The van der Waals surface area contributed by atoms with Crippen molar-refractivity contribution in [1.82, 2.24) is 15.0 Å². The minimum Gasteiger partial charge on any atom is -0.469 e. The number of hydrogen-bond acceptors (Lipinski definition) is 7. The number of carbonyl (C=O) groups excluding carboxylic acids is 2. The van der Waals surface area contributed by atoms with Crippen LogP contribution < -0.4 is 10.0 Å². The number of unbranched alkanes of at least 4 members (excludes halogenated alkanes) is 1. The molecule has 9 nitrogen and oxygen atoms in total. The highest BCUT2D eigenvalue weighted by atomic mass is 127. The van der Waals surface area contributed by atoms with Gasteiger partial charge >= 0.3 is 5.97 Å². The van der Waals surface area contributed by atoms with Crippen molar-refractivity contribution in [1.29, 1.82) is 0 Å². The number of halogens is 2. The molecule has 0 atom stereocenters. The second kappa shape index (κ2) is 11.2. The first-order valence-corrected chi connectivity index (χ1v) is 13.0. The molecule has 1 aromatic carbocycles. The number of pyridine rings is 1. The Morgan fingerprint density at radius 3 is 2.56 bits per heavy atom. The zero-order chi connectivity index (χ0) is 24.9. The molecule has 12 heteroatoms. The van der Waals surface area contributed by atoms with Gasteiger partial charge in [-0.2, -0.15) is 0 Å². The molecule has 2 aromatic heterocycles. The van der Waals surface area contributed by atoms with Crippen molar-refractivity contribution in [3.05, 3.63) is 51.0 Å². The number of nitrogens with zero attached hydrogens (tertiary/aromatic N) is 1. The average molecular weight is 603 g/mol. The first kappa shape index (κ1) is 26.0. The standard InChI is InChI=1S/C22H23FIN3O6S/c1-25-21(29)19-15-11-16(24)17(12-34(30,31)26-10-4-3-5-18(28)32-2)27-22(15)33-20(19)13-6-8-14(23)9-7-13/h6-9,11,26H,3-5,10,12H2,1-2H3,(H,25,29). The number of sulfonamides is 1. The minimum atomic E-state index is -3.71. The molecule has 0 unspecified atom stereocenters. The number of benzene rings is 1. The van der Waals surface area contributed by atoms with Crippen molar-refractivity contribution >= 4 is 55.6 Å². The molecule has 0 bridgehead atoms. The van der Waals surface area contributed by atoms with E-state index in [0.717, 1.165) is 0 Å². The molecule has 0 saturated heterocycles. The molecule has 3 aromatic rings. The van der Waals surface area contributed by atoms with Crippen LogP contribution in [0.5, 0.6) is 0 Å². The molecule has 0 aliphatic rings. The molecular weight excluding hydrogens is 580 g/mol. The van der Waals surface area contributed by atoms with Crippen LogP contribution in [-0.2, 0) is 25.3 Å². The minimum absolute atomic E-state index is 0.0987. The number of hydrogen-bond donors (Lipinski definition) is 2. The molecule has 0 spiro atoms. The predicted molar refractivity (Wildman–Crippen MR) is 132 cm³/mol. The van der Waals surface area contributed by atoms with Gasteiger partial charge in [-0.3, -0.25) is 9.59 Å². The first-order chi connectivity index (χ1) is 16.1. The van der Waals surface area contributed by atoms with Crippen LogP contribution in [0, 0.1) is 9.39 Å². The Morgan fingerprint density at radius 1 is 1.21 bits per heavy atom. The molecule has 2 heterocycles. The number of esters is 1. The van der Waals surface area contributed by atoms with Crippen molar-refractivity contribution in [2.24, 2.45) is 0 Å². The Morgan fingerprint density at radius 2 is 1.91 bits per heavy atom. The van der Waals surface area contributed by atoms with Crippen molar-refractivity contribution in [2.45, 2.75) is 25.0 Å². The third-order valence-corrected chi connectivity index (χ3v) is 7.18. The van der Waals surface area contributed by atoms with Crippen molar-refractivity contribution in [3.8, 4) is 11.3 Å². The van der Waals surface area contributed by atoms with Gasteiger partial charge in [0.25, 0.3) is 5.91 Å². The van der Waals surface area contributed by atoms with Crippen LogP contribution in [0.15, 0.2) is 34.7 Å². The van der Waals surface area contributed by atoms with Crippen LogP contribution in [-0.4, -0.2) is 46.0 Å². The van der Waals surface area contributed by atoms with Crippen LogP contribution in [0.1, 0.15) is 35.3 Å². The fourth-order valence-electron chi connectivity index (χ4n) is 3.25. The molecule has 0 aliphatic carbocycles. The number of ether oxygens (including phenoxy) is 1. The van der Waals surface area contributed by atoms with Gasteiger partial charge in [0, 0.05) is 29.1 Å². The van der Waals surface area contributed by atoms with E-state index < -0.39 is 21.7 Å². The number of aromatic nitrogens is 1. The number of methoxy groups -OCH3 is 1. The number of amides is 1. The van der Waals surface area contributed by atoms with Gasteiger partial charge in [0.15, 0.2) is 0 Å². The van der Waals surface area contributed by atoms with Crippen molar-refractivity contribution < 1.29 is 31.6 Å². The molecule has 3 rings (SSSR count). The van der Waals surface area contributed by atoms with E-state index in [1.807, 2.05) is 22.6 Å². The molecular formula is C22H23FIN3O6S. The number of nitrogens with one attached hydrogen (secondary N) is 2. The zero-order valence-electron chi connectivity index (χ0n) is 18.5. The van der Waals surface area contributed by atoms with E-state index in [1.165, 1.54) is 38.4 Å². The first-order valence-electron chi connectivity index (χ1n) is 10.3. The van der Waals surface area contributed by atoms with E-state index in [9.17, 15) is 22.4 Å². The van der Waals surface area contributed by atoms with Gasteiger partial charge in [0.1, 0.15) is 17.3 Å².